The Morgan fingerprint density at radius 2 is 1.95 bits per heavy atom. The van der Waals surface area contributed by atoms with Gasteiger partial charge in [0.15, 0.2) is 0 Å². The maximum Gasteiger partial charge on any atom is 0.251 e. The highest BCUT2D eigenvalue weighted by Crippen LogP contribution is 2.22. The Hall–Kier alpha value is -1.35. The molecule has 1 N–H and O–H groups in total. The van der Waals surface area contributed by atoms with Gasteiger partial charge < -0.3 is 10.2 Å². The largest absolute Gasteiger partial charge is 0.349 e. The fourth-order valence-electron chi connectivity index (χ4n) is 2.72. The van der Waals surface area contributed by atoms with Gasteiger partial charge in [0.05, 0.1) is 0 Å². The quantitative estimate of drug-likeness (QED) is 0.902. The van der Waals surface area contributed by atoms with E-state index in [4.69, 9.17) is 0 Å². The van der Waals surface area contributed by atoms with E-state index in [1.54, 1.807) is 0 Å². The highest BCUT2D eigenvalue weighted by Gasteiger charge is 2.27. The SMILES string of the molecule is CCc1ccc(C(=O)N[C@H]2CC[C@H](N(C)C)C2)cc1. The topological polar surface area (TPSA) is 32.3 Å². The molecule has 0 aliphatic heterocycles. The maximum absolute atomic E-state index is 12.2. The van der Waals surface area contributed by atoms with E-state index in [1.165, 1.54) is 12.0 Å². The van der Waals surface area contributed by atoms with E-state index in [0.717, 1.165) is 24.8 Å². The van der Waals surface area contributed by atoms with Gasteiger partial charge in [0.1, 0.15) is 0 Å². The van der Waals surface area contributed by atoms with E-state index in [2.05, 4.69) is 31.2 Å². The number of hydrogen-bond acceptors (Lipinski definition) is 2. The van der Waals surface area contributed by atoms with E-state index < -0.39 is 0 Å². The standard InChI is InChI=1S/C16H24N2O/c1-4-12-5-7-13(8-6-12)16(19)17-14-9-10-15(11-14)18(2)3/h5-8,14-15H,4,9-11H2,1-3H3,(H,17,19)/t14-,15-/m0/s1. The summed E-state index contributed by atoms with van der Waals surface area (Å²) in [5.74, 6) is 0.0621. The second-order valence-corrected chi connectivity index (χ2v) is 5.65. The van der Waals surface area contributed by atoms with Crippen LogP contribution in [0.5, 0.6) is 0 Å². The van der Waals surface area contributed by atoms with Crippen LogP contribution in [-0.2, 0) is 6.42 Å². The molecular weight excluding hydrogens is 236 g/mol. The van der Waals surface area contributed by atoms with Crippen LogP contribution < -0.4 is 5.32 Å². The molecule has 3 heteroatoms. The van der Waals surface area contributed by atoms with Crippen LogP contribution in [0.1, 0.15) is 42.1 Å². The molecule has 0 unspecified atom stereocenters. The third kappa shape index (κ3) is 3.57. The number of amides is 1. The van der Waals surface area contributed by atoms with Crippen molar-refractivity contribution in [3.63, 3.8) is 0 Å². The molecule has 0 bridgehead atoms. The summed E-state index contributed by atoms with van der Waals surface area (Å²) in [4.78, 5) is 14.4. The number of rotatable bonds is 4. The first kappa shape index (κ1) is 14.1. The smallest absolute Gasteiger partial charge is 0.251 e. The fourth-order valence-corrected chi connectivity index (χ4v) is 2.72. The van der Waals surface area contributed by atoms with Gasteiger partial charge in [-0.2, -0.15) is 0 Å². The molecule has 0 aromatic heterocycles. The second-order valence-electron chi connectivity index (χ2n) is 5.65. The molecule has 1 amide bonds. The fraction of sp³-hybridized carbons (Fsp3) is 0.562. The summed E-state index contributed by atoms with van der Waals surface area (Å²) in [6.07, 6.45) is 4.33. The summed E-state index contributed by atoms with van der Waals surface area (Å²) in [7, 11) is 4.22. The zero-order valence-electron chi connectivity index (χ0n) is 12.1. The third-order valence-electron chi connectivity index (χ3n) is 4.09. The van der Waals surface area contributed by atoms with Crippen LogP contribution in [0.3, 0.4) is 0 Å². The van der Waals surface area contributed by atoms with Crippen molar-refractivity contribution in [3.05, 3.63) is 35.4 Å². The average molecular weight is 260 g/mol. The van der Waals surface area contributed by atoms with Crippen molar-refractivity contribution in [2.75, 3.05) is 14.1 Å². The summed E-state index contributed by atoms with van der Waals surface area (Å²) >= 11 is 0. The summed E-state index contributed by atoms with van der Waals surface area (Å²) in [6, 6.07) is 8.84. The molecule has 104 valence electrons. The van der Waals surface area contributed by atoms with Gasteiger partial charge in [-0.15, -0.1) is 0 Å². The summed E-state index contributed by atoms with van der Waals surface area (Å²) in [5, 5.41) is 3.15. The first-order chi connectivity index (χ1) is 9.10. The van der Waals surface area contributed by atoms with Crippen molar-refractivity contribution in [1.82, 2.24) is 10.2 Å². The molecule has 3 nitrogen and oxygen atoms in total. The van der Waals surface area contributed by atoms with Crippen molar-refractivity contribution in [2.45, 2.75) is 44.7 Å². The zero-order valence-corrected chi connectivity index (χ0v) is 12.1. The minimum Gasteiger partial charge on any atom is -0.349 e. The van der Waals surface area contributed by atoms with Crippen LogP contribution in [-0.4, -0.2) is 37.0 Å². The Morgan fingerprint density at radius 1 is 1.26 bits per heavy atom. The molecule has 0 radical (unpaired) electrons. The van der Waals surface area contributed by atoms with Gasteiger partial charge in [-0.1, -0.05) is 19.1 Å². The first-order valence-electron chi connectivity index (χ1n) is 7.16. The molecule has 1 fully saturated rings. The lowest BCUT2D eigenvalue weighted by Crippen LogP contribution is -2.34. The molecule has 1 aliphatic rings. The van der Waals surface area contributed by atoms with Gasteiger partial charge in [-0.3, -0.25) is 4.79 Å². The number of carbonyl (C=O) groups excluding carboxylic acids is 1. The maximum atomic E-state index is 12.2. The van der Waals surface area contributed by atoms with Crippen LogP contribution in [0, 0.1) is 0 Å². The molecule has 0 spiro atoms. The van der Waals surface area contributed by atoms with Gasteiger partial charge >= 0.3 is 0 Å². The first-order valence-corrected chi connectivity index (χ1v) is 7.16. The van der Waals surface area contributed by atoms with Crippen molar-refractivity contribution in [3.8, 4) is 0 Å². The van der Waals surface area contributed by atoms with E-state index in [1.807, 2.05) is 24.3 Å². The molecule has 2 atom stereocenters. The van der Waals surface area contributed by atoms with Crippen LogP contribution in [0.15, 0.2) is 24.3 Å². The predicted molar refractivity (Wildman–Crippen MR) is 78.4 cm³/mol. The van der Waals surface area contributed by atoms with Crippen LogP contribution in [0.4, 0.5) is 0 Å². The Labute approximate surface area is 116 Å². The van der Waals surface area contributed by atoms with E-state index in [9.17, 15) is 4.79 Å². The van der Waals surface area contributed by atoms with Gasteiger partial charge in [0.25, 0.3) is 5.91 Å². The van der Waals surface area contributed by atoms with Gasteiger partial charge in [-0.05, 0) is 57.5 Å². The van der Waals surface area contributed by atoms with Crippen molar-refractivity contribution in [2.24, 2.45) is 0 Å². The molecule has 1 aromatic carbocycles. The normalized spacial score (nSPS) is 22.7. The van der Waals surface area contributed by atoms with E-state index in [0.29, 0.717) is 12.1 Å². The van der Waals surface area contributed by atoms with Gasteiger partial charge in [-0.25, -0.2) is 0 Å². The van der Waals surface area contributed by atoms with Crippen LogP contribution in [0.25, 0.3) is 0 Å². The van der Waals surface area contributed by atoms with Crippen LogP contribution >= 0.6 is 0 Å². The number of benzene rings is 1. The predicted octanol–water partition coefficient (Wildman–Crippen LogP) is 2.46. The average Bonchev–Trinajstić information content (AvgIpc) is 2.87. The lowest BCUT2D eigenvalue weighted by molar-refractivity contribution is 0.0936. The monoisotopic (exact) mass is 260 g/mol. The number of hydrogen-bond donors (Lipinski definition) is 1. The number of nitrogens with one attached hydrogen (secondary N) is 1. The molecule has 2 rings (SSSR count). The van der Waals surface area contributed by atoms with Crippen LogP contribution in [0.2, 0.25) is 0 Å². The molecule has 19 heavy (non-hydrogen) atoms. The molecule has 1 saturated carbocycles. The Balaban J connectivity index is 1.90. The molecule has 1 aromatic rings. The van der Waals surface area contributed by atoms with Gasteiger partial charge in [0.2, 0.25) is 0 Å². The molecule has 0 saturated heterocycles. The van der Waals surface area contributed by atoms with Crippen molar-refractivity contribution in [1.29, 1.82) is 0 Å². The van der Waals surface area contributed by atoms with Gasteiger partial charge in [0, 0.05) is 17.6 Å². The molecule has 1 aliphatic carbocycles. The number of aryl methyl sites for hydroxylation is 1. The lowest BCUT2D eigenvalue weighted by atomic mass is 10.1. The Bertz CT molecular complexity index is 425. The van der Waals surface area contributed by atoms with Crippen molar-refractivity contribution < 1.29 is 4.79 Å². The zero-order chi connectivity index (χ0) is 13.8. The highest BCUT2D eigenvalue weighted by atomic mass is 16.1. The number of carbonyl (C=O) groups is 1. The summed E-state index contributed by atoms with van der Waals surface area (Å²) in [5.41, 5.74) is 2.04. The highest BCUT2D eigenvalue weighted by molar-refractivity contribution is 5.94. The van der Waals surface area contributed by atoms with Crippen molar-refractivity contribution >= 4 is 5.91 Å². The third-order valence-corrected chi connectivity index (χ3v) is 4.09. The minimum absolute atomic E-state index is 0.0621. The Morgan fingerprint density at radius 3 is 2.47 bits per heavy atom. The summed E-state index contributed by atoms with van der Waals surface area (Å²) in [6.45, 7) is 2.12. The van der Waals surface area contributed by atoms with E-state index >= 15 is 0 Å². The summed E-state index contributed by atoms with van der Waals surface area (Å²) < 4.78 is 0. The molecule has 0 heterocycles. The number of nitrogens with zero attached hydrogens (tertiary/aromatic N) is 1. The Kier molecular flexibility index (Phi) is 4.59. The van der Waals surface area contributed by atoms with E-state index in [-0.39, 0.29) is 5.91 Å². The second kappa shape index (κ2) is 6.20. The lowest BCUT2D eigenvalue weighted by Gasteiger charge is -2.19. The minimum atomic E-state index is 0.0621. The molecular formula is C16H24N2O.